The van der Waals surface area contributed by atoms with E-state index in [1.165, 1.54) is 17.9 Å². The molecule has 0 fully saturated rings. The van der Waals surface area contributed by atoms with Gasteiger partial charge in [-0.1, -0.05) is 32.9 Å². The van der Waals surface area contributed by atoms with E-state index in [-0.39, 0.29) is 36.2 Å². The minimum atomic E-state index is 0. The van der Waals surface area contributed by atoms with Crippen LogP contribution in [0, 0.1) is 7.14 Å². The van der Waals surface area contributed by atoms with Crippen LogP contribution in [0.4, 0.5) is 0 Å². The summed E-state index contributed by atoms with van der Waals surface area (Å²) in [7, 11) is 0. The van der Waals surface area contributed by atoms with E-state index in [9.17, 15) is 0 Å². The number of rotatable bonds is 0. The number of aromatic amines is 2. The van der Waals surface area contributed by atoms with Crippen LogP contribution in [0.25, 0.3) is 21.8 Å². The van der Waals surface area contributed by atoms with Crippen LogP contribution in [-0.4, -0.2) is 27.0 Å². The molecule has 4 aromatic rings. The number of aromatic nitrogens is 4. The maximum Gasteiger partial charge on any atom is 1.00 e. The molecule has 0 saturated carbocycles. The molecule has 4 rings (SSSR count). The summed E-state index contributed by atoms with van der Waals surface area (Å²) in [6.07, 6.45) is 3.65. The van der Waals surface area contributed by atoms with Crippen LogP contribution in [0.15, 0.2) is 48.8 Å². The summed E-state index contributed by atoms with van der Waals surface area (Å²) in [4.78, 5) is 0. The Balaban J connectivity index is 0.000000376. The smallest absolute Gasteiger partial charge is 0.855 e. The van der Waals surface area contributed by atoms with Gasteiger partial charge in [-0.2, -0.15) is 10.2 Å². The summed E-state index contributed by atoms with van der Waals surface area (Å²) in [6.45, 7) is 5.57. The maximum atomic E-state index is 8.93. The molecule has 0 aliphatic heterocycles. The second-order valence-electron chi connectivity index (χ2n) is 4.49. The molecule has 5 nitrogen and oxygen atoms in total. The van der Waals surface area contributed by atoms with Crippen LogP contribution in [-0.2, 0) is 0 Å². The van der Waals surface area contributed by atoms with Gasteiger partial charge in [0, 0.05) is 17.9 Å². The van der Waals surface area contributed by atoms with Crippen LogP contribution in [0.1, 0.15) is 20.8 Å². The van der Waals surface area contributed by atoms with Crippen molar-refractivity contribution in [2.45, 2.75) is 20.8 Å². The van der Waals surface area contributed by atoms with Crippen molar-refractivity contribution in [3.63, 3.8) is 0 Å². The zero-order valence-corrected chi connectivity index (χ0v) is 21.7. The summed E-state index contributed by atoms with van der Waals surface area (Å²) in [5.74, 6) is 0. The SMILES string of the molecule is CC.CC[O-].Ic1ccc2cn[nH]c2c1.Ic1ccc2cn[nH]c2c1.[Na+]. The molecule has 26 heavy (non-hydrogen) atoms. The number of hydrogen-bond acceptors (Lipinski definition) is 3. The van der Waals surface area contributed by atoms with Crippen molar-refractivity contribution in [1.82, 2.24) is 20.4 Å². The van der Waals surface area contributed by atoms with Crippen molar-refractivity contribution < 1.29 is 34.7 Å². The Morgan fingerprint density at radius 3 is 1.54 bits per heavy atom. The molecule has 2 aromatic carbocycles. The monoisotopic (exact) mass is 586 g/mol. The fraction of sp³-hybridized carbons (Fsp3) is 0.222. The van der Waals surface area contributed by atoms with Gasteiger partial charge in [0.05, 0.1) is 23.4 Å². The number of nitrogens with one attached hydrogen (secondary N) is 2. The minimum absolute atomic E-state index is 0. The Morgan fingerprint density at radius 2 is 1.19 bits per heavy atom. The van der Waals surface area contributed by atoms with Gasteiger partial charge in [-0.25, -0.2) is 0 Å². The topological polar surface area (TPSA) is 80.4 Å². The summed E-state index contributed by atoms with van der Waals surface area (Å²) in [5, 5.41) is 24.9. The normalized spacial score (nSPS) is 9.00. The number of halogens is 2. The van der Waals surface area contributed by atoms with Gasteiger partial charge < -0.3 is 5.11 Å². The molecule has 0 atom stereocenters. The van der Waals surface area contributed by atoms with E-state index in [4.69, 9.17) is 5.11 Å². The predicted octanol–water partition coefficient (Wildman–Crippen LogP) is 1.73. The van der Waals surface area contributed by atoms with Crippen molar-refractivity contribution in [3.8, 4) is 0 Å². The molecule has 0 amide bonds. The zero-order valence-electron chi connectivity index (χ0n) is 15.4. The molecular weight excluding hydrogens is 565 g/mol. The van der Waals surface area contributed by atoms with Gasteiger partial charge in [0.25, 0.3) is 0 Å². The van der Waals surface area contributed by atoms with Gasteiger partial charge in [-0.3, -0.25) is 10.2 Å². The van der Waals surface area contributed by atoms with E-state index in [0.717, 1.165) is 11.0 Å². The first-order valence-corrected chi connectivity index (χ1v) is 10.0. The average molecular weight is 586 g/mol. The zero-order chi connectivity index (χ0) is 18.7. The number of nitrogens with zero attached hydrogens (tertiary/aromatic N) is 2. The summed E-state index contributed by atoms with van der Waals surface area (Å²) >= 11 is 4.56. The van der Waals surface area contributed by atoms with Crippen molar-refractivity contribution in [3.05, 3.63) is 55.9 Å². The number of benzene rings is 2. The molecule has 0 aliphatic rings. The van der Waals surface area contributed by atoms with E-state index in [0.29, 0.717) is 0 Å². The second kappa shape index (κ2) is 14.8. The molecule has 0 spiro atoms. The van der Waals surface area contributed by atoms with Gasteiger partial charge in [0.15, 0.2) is 0 Å². The largest absolute Gasteiger partial charge is 1.00 e. The summed E-state index contributed by atoms with van der Waals surface area (Å²) in [5.41, 5.74) is 2.21. The van der Waals surface area contributed by atoms with E-state index < -0.39 is 0 Å². The van der Waals surface area contributed by atoms with Gasteiger partial charge in [-0.05, 0) is 69.4 Å². The molecule has 0 bridgehead atoms. The predicted molar refractivity (Wildman–Crippen MR) is 120 cm³/mol. The first kappa shape index (κ1) is 25.8. The van der Waals surface area contributed by atoms with Crippen molar-refractivity contribution >= 4 is 67.0 Å². The Kier molecular flexibility index (Phi) is 14.7. The molecule has 2 heterocycles. The Labute approximate surface area is 203 Å². The van der Waals surface area contributed by atoms with Crippen LogP contribution >= 0.6 is 45.2 Å². The van der Waals surface area contributed by atoms with Crippen LogP contribution < -0.4 is 34.7 Å². The quantitative estimate of drug-likeness (QED) is 0.244. The van der Waals surface area contributed by atoms with Gasteiger partial charge in [0.1, 0.15) is 0 Å². The number of fused-ring (bicyclic) bond motifs is 2. The molecule has 0 saturated heterocycles. The van der Waals surface area contributed by atoms with Crippen LogP contribution in [0.2, 0.25) is 0 Å². The second-order valence-corrected chi connectivity index (χ2v) is 6.98. The van der Waals surface area contributed by atoms with Gasteiger partial charge in [0.2, 0.25) is 0 Å². The third kappa shape index (κ3) is 8.66. The summed E-state index contributed by atoms with van der Waals surface area (Å²) in [6, 6.07) is 12.4. The molecule has 8 heteroatoms. The molecular formula is C18H21I2N4NaO. The third-order valence-electron chi connectivity index (χ3n) is 2.81. The van der Waals surface area contributed by atoms with Crippen LogP contribution in [0.3, 0.4) is 0 Å². The first-order chi connectivity index (χ1) is 12.1. The van der Waals surface area contributed by atoms with E-state index in [1.54, 1.807) is 6.92 Å². The third-order valence-corrected chi connectivity index (χ3v) is 4.15. The Bertz CT molecular complexity index is 808. The Morgan fingerprint density at radius 1 is 0.846 bits per heavy atom. The fourth-order valence-corrected chi connectivity index (χ4v) is 2.80. The Hall–Kier alpha value is -0.200. The van der Waals surface area contributed by atoms with Crippen LogP contribution in [0.5, 0.6) is 0 Å². The van der Waals surface area contributed by atoms with Gasteiger partial charge >= 0.3 is 29.6 Å². The minimum Gasteiger partial charge on any atom is -0.855 e. The van der Waals surface area contributed by atoms with Crippen molar-refractivity contribution in [1.29, 1.82) is 0 Å². The molecule has 0 unspecified atom stereocenters. The molecule has 2 aromatic heterocycles. The molecule has 134 valence electrons. The van der Waals surface area contributed by atoms with E-state index >= 15 is 0 Å². The number of H-pyrrole nitrogens is 2. The molecule has 0 aliphatic carbocycles. The van der Waals surface area contributed by atoms with Crippen molar-refractivity contribution in [2.75, 3.05) is 6.61 Å². The average Bonchev–Trinajstić information content (AvgIpc) is 3.26. The molecule has 2 N–H and O–H groups in total. The maximum absolute atomic E-state index is 8.93. The van der Waals surface area contributed by atoms with E-state index in [1.807, 2.05) is 26.2 Å². The van der Waals surface area contributed by atoms with Crippen molar-refractivity contribution in [2.24, 2.45) is 0 Å². The van der Waals surface area contributed by atoms with Gasteiger partial charge in [-0.15, -0.1) is 6.61 Å². The standard InChI is InChI=1S/2C7H5IN2.C2H5O.C2H6.Na/c2*8-6-2-1-5-4-9-10-7(5)3-6;1-2-3;1-2;/h2*1-4H,(H,9,10);2H2,1H3;1-2H3;/q;;-1;;+1. The molecule has 0 radical (unpaired) electrons. The fourth-order valence-electron chi connectivity index (χ4n) is 1.82. The number of hydrogen-bond donors (Lipinski definition) is 2. The first-order valence-electron chi connectivity index (χ1n) is 7.89. The summed E-state index contributed by atoms with van der Waals surface area (Å²) < 4.78 is 2.46. The van der Waals surface area contributed by atoms with E-state index in [2.05, 4.69) is 102 Å².